The Balaban J connectivity index is 3.53. The maximum atomic E-state index is 5.46. The van der Waals surface area contributed by atoms with Gasteiger partial charge in [-0.2, -0.15) is 0 Å². The molecule has 0 aliphatic rings. The summed E-state index contributed by atoms with van der Waals surface area (Å²) in [6, 6.07) is 0. The van der Waals surface area contributed by atoms with Crippen LogP contribution in [0.3, 0.4) is 0 Å². The third kappa shape index (κ3) is 5.40. The third-order valence-corrected chi connectivity index (χ3v) is 4.12. The molecule has 62 valence electrons. The zero-order chi connectivity index (χ0) is 8.04. The minimum Gasteiger partial charge on any atom is -0.351 e. The van der Waals surface area contributed by atoms with E-state index in [-0.39, 0.29) is 0 Å². The molecule has 0 rings (SSSR count). The van der Waals surface area contributed by atoms with Crippen LogP contribution in [0.2, 0.25) is 0 Å². The first-order valence-corrected chi connectivity index (χ1v) is 7.18. The average Bonchev–Trinajstić information content (AvgIpc) is 1.84. The van der Waals surface area contributed by atoms with E-state index in [1.807, 2.05) is 6.92 Å². The van der Waals surface area contributed by atoms with Gasteiger partial charge in [0, 0.05) is 6.61 Å². The molecule has 0 radical (unpaired) electrons. The zero-order valence-corrected chi connectivity index (χ0v) is 8.80. The molecule has 10 heavy (non-hydrogen) atoms. The number of unbranched alkanes of at least 4 members (excludes halogenated alkanes) is 1. The summed E-state index contributed by atoms with van der Waals surface area (Å²) >= 11 is 5.30. The monoisotopic (exact) mass is 180 g/mol. The first kappa shape index (κ1) is 10.6. The Morgan fingerprint density at radius 1 is 1.40 bits per heavy atom. The Hall–Kier alpha value is 0.610. The molecule has 0 spiro atoms. The Bertz CT molecular complexity index is 125. The molecule has 0 heterocycles. The van der Waals surface area contributed by atoms with Crippen molar-refractivity contribution < 1.29 is 4.52 Å². The fourth-order valence-electron chi connectivity index (χ4n) is 0.783. The van der Waals surface area contributed by atoms with E-state index in [1.165, 1.54) is 12.8 Å². The lowest BCUT2D eigenvalue weighted by molar-refractivity contribution is 0.378. The van der Waals surface area contributed by atoms with E-state index in [0.29, 0.717) is 0 Å². The van der Waals surface area contributed by atoms with Crippen molar-refractivity contribution in [2.75, 3.05) is 19.4 Å². The van der Waals surface area contributed by atoms with E-state index in [0.717, 1.165) is 12.8 Å². The molecule has 0 fully saturated rings. The quantitative estimate of drug-likeness (QED) is 0.602. The zero-order valence-electron chi connectivity index (χ0n) is 7.09. The lowest BCUT2D eigenvalue weighted by Crippen LogP contribution is -1.92. The molecule has 0 aliphatic heterocycles. The largest absolute Gasteiger partial charge is 0.351 e. The highest BCUT2D eigenvalue weighted by Gasteiger charge is 2.07. The topological polar surface area (TPSA) is 9.23 Å². The van der Waals surface area contributed by atoms with Crippen LogP contribution >= 0.6 is 6.26 Å². The molecule has 0 aromatic carbocycles. The molecular formula is C7H17OPS. The van der Waals surface area contributed by atoms with Crippen LogP contribution < -0.4 is 0 Å². The van der Waals surface area contributed by atoms with Crippen LogP contribution in [0.4, 0.5) is 0 Å². The summed E-state index contributed by atoms with van der Waals surface area (Å²) in [5.74, 6) is 0. The van der Waals surface area contributed by atoms with Gasteiger partial charge in [0.25, 0.3) is 0 Å². The molecule has 0 bridgehead atoms. The highest BCUT2D eigenvalue weighted by Crippen LogP contribution is 2.43. The maximum absolute atomic E-state index is 5.46. The second-order valence-corrected chi connectivity index (χ2v) is 7.56. The van der Waals surface area contributed by atoms with Gasteiger partial charge >= 0.3 is 0 Å². The molecule has 1 unspecified atom stereocenters. The molecular weight excluding hydrogens is 163 g/mol. The minimum absolute atomic E-state index is 0.775. The number of rotatable bonds is 5. The van der Waals surface area contributed by atoms with Gasteiger partial charge < -0.3 is 4.52 Å². The summed E-state index contributed by atoms with van der Waals surface area (Å²) in [7, 11) is 0. The summed E-state index contributed by atoms with van der Waals surface area (Å²) in [6.45, 7) is 7.05. The van der Waals surface area contributed by atoms with Crippen LogP contribution in [-0.2, 0) is 16.3 Å². The highest BCUT2D eigenvalue weighted by molar-refractivity contribution is 8.11. The lowest BCUT2D eigenvalue weighted by Gasteiger charge is -2.15. The van der Waals surface area contributed by atoms with Crippen molar-refractivity contribution in [3.63, 3.8) is 0 Å². The normalized spacial score (nSPS) is 16.7. The Kier molecular flexibility index (Phi) is 5.61. The standard InChI is InChI=1S/C7H17OPS/c1-4-6-7-9(3,10)8-5-2/h4-7H2,1-3H3. The summed E-state index contributed by atoms with van der Waals surface area (Å²) < 4.78 is 5.46. The van der Waals surface area contributed by atoms with E-state index in [9.17, 15) is 0 Å². The van der Waals surface area contributed by atoms with Crippen molar-refractivity contribution in [2.24, 2.45) is 0 Å². The summed E-state index contributed by atoms with van der Waals surface area (Å²) in [6.07, 6.45) is 2.17. The van der Waals surface area contributed by atoms with Gasteiger partial charge in [0.2, 0.25) is 0 Å². The molecule has 0 amide bonds. The van der Waals surface area contributed by atoms with E-state index in [1.54, 1.807) is 0 Å². The van der Waals surface area contributed by atoms with Crippen molar-refractivity contribution in [3.05, 3.63) is 0 Å². The average molecular weight is 180 g/mol. The lowest BCUT2D eigenvalue weighted by atomic mass is 10.4. The van der Waals surface area contributed by atoms with Gasteiger partial charge in [0.05, 0.1) is 6.26 Å². The van der Waals surface area contributed by atoms with Crippen LogP contribution in [0.25, 0.3) is 0 Å². The van der Waals surface area contributed by atoms with Crippen molar-refractivity contribution in [1.29, 1.82) is 0 Å². The van der Waals surface area contributed by atoms with Crippen LogP contribution in [0.1, 0.15) is 26.7 Å². The van der Waals surface area contributed by atoms with Gasteiger partial charge in [-0.25, -0.2) is 0 Å². The molecule has 1 nitrogen and oxygen atoms in total. The van der Waals surface area contributed by atoms with Gasteiger partial charge in [-0.15, -0.1) is 0 Å². The van der Waals surface area contributed by atoms with Gasteiger partial charge in [-0.05, 0) is 26.2 Å². The molecule has 0 aromatic heterocycles. The van der Waals surface area contributed by atoms with Gasteiger partial charge in [0.1, 0.15) is 0 Å². The molecule has 0 aromatic rings. The summed E-state index contributed by atoms with van der Waals surface area (Å²) in [5.41, 5.74) is 0. The van der Waals surface area contributed by atoms with E-state index in [2.05, 4.69) is 13.6 Å². The summed E-state index contributed by atoms with van der Waals surface area (Å²) in [4.78, 5) is 0. The van der Waals surface area contributed by atoms with Gasteiger partial charge in [-0.3, -0.25) is 0 Å². The van der Waals surface area contributed by atoms with Gasteiger partial charge in [0.15, 0.2) is 0 Å². The smallest absolute Gasteiger partial charge is 0.0645 e. The first-order chi connectivity index (χ1) is 4.62. The predicted octanol–water partition coefficient (Wildman–Crippen LogP) is 2.85. The van der Waals surface area contributed by atoms with Crippen molar-refractivity contribution in [3.8, 4) is 0 Å². The fraction of sp³-hybridized carbons (Fsp3) is 1.00. The first-order valence-electron chi connectivity index (χ1n) is 3.83. The molecule has 3 heteroatoms. The number of hydrogen-bond donors (Lipinski definition) is 0. The summed E-state index contributed by atoms with van der Waals surface area (Å²) in [5, 5.41) is 0. The molecule has 0 saturated heterocycles. The highest BCUT2D eigenvalue weighted by atomic mass is 32.4. The minimum atomic E-state index is -1.38. The number of hydrogen-bond acceptors (Lipinski definition) is 2. The van der Waals surface area contributed by atoms with Gasteiger partial charge in [-0.1, -0.05) is 25.2 Å². The van der Waals surface area contributed by atoms with Crippen molar-refractivity contribution >= 4 is 18.1 Å². The van der Waals surface area contributed by atoms with Crippen molar-refractivity contribution in [2.45, 2.75) is 26.7 Å². The Morgan fingerprint density at radius 3 is 2.40 bits per heavy atom. The fourth-order valence-corrected chi connectivity index (χ4v) is 3.05. The van der Waals surface area contributed by atoms with E-state index >= 15 is 0 Å². The van der Waals surface area contributed by atoms with E-state index in [4.69, 9.17) is 16.3 Å². The maximum Gasteiger partial charge on any atom is 0.0645 e. The second kappa shape index (κ2) is 5.29. The van der Waals surface area contributed by atoms with Crippen LogP contribution in [-0.4, -0.2) is 19.4 Å². The SMILES string of the molecule is CCCCP(C)(=S)OCC. The molecule has 1 atom stereocenters. The Labute approximate surface area is 69.2 Å². The molecule has 0 aliphatic carbocycles. The van der Waals surface area contributed by atoms with Crippen LogP contribution in [0, 0.1) is 0 Å². The predicted molar refractivity (Wildman–Crippen MR) is 51.6 cm³/mol. The van der Waals surface area contributed by atoms with Crippen LogP contribution in [0.5, 0.6) is 0 Å². The van der Waals surface area contributed by atoms with Crippen molar-refractivity contribution in [1.82, 2.24) is 0 Å². The van der Waals surface area contributed by atoms with Crippen LogP contribution in [0.15, 0.2) is 0 Å². The molecule has 0 N–H and O–H groups in total. The second-order valence-electron chi connectivity index (χ2n) is 2.51. The Morgan fingerprint density at radius 2 is 2.00 bits per heavy atom. The molecule has 0 saturated carbocycles. The van der Waals surface area contributed by atoms with E-state index < -0.39 is 6.26 Å². The third-order valence-electron chi connectivity index (χ3n) is 1.32.